The van der Waals surface area contributed by atoms with E-state index in [1.54, 1.807) is 7.11 Å². The van der Waals surface area contributed by atoms with E-state index in [1.807, 2.05) is 18.2 Å². The smallest absolute Gasteiger partial charge is 0.161 e. The lowest BCUT2D eigenvalue weighted by Crippen LogP contribution is -2.39. The van der Waals surface area contributed by atoms with Gasteiger partial charge in [0.25, 0.3) is 0 Å². The van der Waals surface area contributed by atoms with E-state index in [-0.39, 0.29) is 0 Å². The minimum atomic E-state index is 0.526. The molecule has 0 spiro atoms. The Morgan fingerprint density at radius 3 is 2.39 bits per heavy atom. The fourth-order valence-electron chi connectivity index (χ4n) is 2.06. The largest absolute Gasteiger partial charge is 0.493 e. The van der Waals surface area contributed by atoms with Gasteiger partial charge in [0.1, 0.15) is 6.61 Å². The van der Waals surface area contributed by atoms with E-state index in [2.05, 4.69) is 38.7 Å². The first-order valence-corrected chi connectivity index (χ1v) is 6.49. The minimum Gasteiger partial charge on any atom is -0.493 e. The third kappa shape index (κ3) is 4.22. The van der Waals surface area contributed by atoms with Crippen molar-refractivity contribution in [1.29, 1.82) is 0 Å². The molecule has 1 radical (unpaired) electrons. The van der Waals surface area contributed by atoms with Gasteiger partial charge in [-0.05, 0) is 45.9 Å². The SMILES string of the molecule is COc1cc[c]cc1OCCN(C(C)C)C(C)C. The summed E-state index contributed by atoms with van der Waals surface area (Å²) >= 11 is 0. The third-order valence-corrected chi connectivity index (χ3v) is 2.94. The average Bonchev–Trinajstić information content (AvgIpc) is 2.34. The molecule has 0 aromatic heterocycles. The van der Waals surface area contributed by atoms with Gasteiger partial charge >= 0.3 is 0 Å². The van der Waals surface area contributed by atoms with Crippen molar-refractivity contribution >= 4 is 0 Å². The Labute approximate surface area is 111 Å². The Hall–Kier alpha value is -1.22. The number of hydrogen-bond acceptors (Lipinski definition) is 3. The molecule has 1 rings (SSSR count). The van der Waals surface area contributed by atoms with Crippen molar-refractivity contribution < 1.29 is 9.47 Å². The molecule has 0 saturated carbocycles. The molecular weight excluding hydrogens is 226 g/mol. The molecule has 1 aromatic carbocycles. The van der Waals surface area contributed by atoms with Crippen molar-refractivity contribution in [2.75, 3.05) is 20.3 Å². The molecule has 0 heterocycles. The first-order chi connectivity index (χ1) is 8.56. The summed E-state index contributed by atoms with van der Waals surface area (Å²) in [5.74, 6) is 1.52. The molecule has 0 fully saturated rings. The van der Waals surface area contributed by atoms with Gasteiger partial charge in [-0.2, -0.15) is 0 Å². The van der Waals surface area contributed by atoms with Crippen molar-refractivity contribution in [1.82, 2.24) is 4.90 Å². The Bertz CT molecular complexity index is 342. The summed E-state index contributed by atoms with van der Waals surface area (Å²) in [5, 5.41) is 0. The van der Waals surface area contributed by atoms with Gasteiger partial charge in [-0.15, -0.1) is 0 Å². The first-order valence-electron chi connectivity index (χ1n) is 6.49. The fraction of sp³-hybridized carbons (Fsp3) is 0.600. The number of hydrogen-bond donors (Lipinski definition) is 0. The number of nitrogens with zero attached hydrogens (tertiary/aromatic N) is 1. The molecule has 1 aromatic rings. The van der Waals surface area contributed by atoms with E-state index in [1.165, 1.54) is 0 Å². The lowest BCUT2D eigenvalue weighted by molar-refractivity contribution is 0.140. The lowest BCUT2D eigenvalue weighted by Gasteiger charge is -2.30. The maximum atomic E-state index is 5.76. The number of methoxy groups -OCH3 is 1. The summed E-state index contributed by atoms with van der Waals surface area (Å²) in [6.45, 7) is 10.4. The van der Waals surface area contributed by atoms with E-state index >= 15 is 0 Å². The molecule has 0 aliphatic carbocycles. The number of benzene rings is 1. The van der Waals surface area contributed by atoms with Crippen LogP contribution in [-0.2, 0) is 0 Å². The van der Waals surface area contributed by atoms with E-state index in [4.69, 9.17) is 9.47 Å². The van der Waals surface area contributed by atoms with Crippen molar-refractivity contribution in [3.63, 3.8) is 0 Å². The Kier molecular flexibility index (Phi) is 5.99. The first kappa shape index (κ1) is 14.8. The zero-order valence-corrected chi connectivity index (χ0v) is 12.1. The van der Waals surface area contributed by atoms with Crippen LogP contribution in [-0.4, -0.2) is 37.2 Å². The minimum absolute atomic E-state index is 0.526. The maximum absolute atomic E-state index is 5.76. The van der Waals surface area contributed by atoms with E-state index in [0.717, 1.165) is 18.0 Å². The molecule has 3 heteroatoms. The van der Waals surface area contributed by atoms with Crippen molar-refractivity contribution in [3.8, 4) is 11.5 Å². The molecular formula is C15H24NO2. The second-order valence-electron chi connectivity index (χ2n) is 4.85. The summed E-state index contributed by atoms with van der Waals surface area (Å²) < 4.78 is 11.0. The molecule has 0 bridgehead atoms. The molecule has 18 heavy (non-hydrogen) atoms. The van der Waals surface area contributed by atoms with Crippen molar-refractivity contribution in [2.24, 2.45) is 0 Å². The Morgan fingerprint density at radius 1 is 1.17 bits per heavy atom. The summed E-state index contributed by atoms with van der Waals surface area (Å²) in [6, 6.07) is 9.54. The van der Waals surface area contributed by atoms with Crippen LogP contribution >= 0.6 is 0 Å². The van der Waals surface area contributed by atoms with Gasteiger partial charge in [-0.25, -0.2) is 0 Å². The highest BCUT2D eigenvalue weighted by Gasteiger charge is 2.13. The third-order valence-electron chi connectivity index (χ3n) is 2.94. The summed E-state index contributed by atoms with van der Waals surface area (Å²) in [7, 11) is 1.65. The van der Waals surface area contributed by atoms with Crippen LogP contribution < -0.4 is 9.47 Å². The quantitative estimate of drug-likeness (QED) is 0.742. The highest BCUT2D eigenvalue weighted by molar-refractivity contribution is 5.38. The van der Waals surface area contributed by atoms with Crippen LogP contribution in [0.1, 0.15) is 27.7 Å². The normalized spacial score (nSPS) is 11.3. The van der Waals surface area contributed by atoms with E-state index in [9.17, 15) is 0 Å². The van der Waals surface area contributed by atoms with Crippen LogP contribution in [0.25, 0.3) is 0 Å². The van der Waals surface area contributed by atoms with Gasteiger partial charge in [-0.1, -0.05) is 6.07 Å². The predicted molar refractivity (Wildman–Crippen MR) is 74.3 cm³/mol. The standard InChI is InChI=1S/C15H24NO2/c1-12(2)16(13(3)4)10-11-18-15-9-7-6-8-14(15)17-5/h6,8-9,12-13H,10-11H2,1-5H3. The summed E-state index contributed by atoms with van der Waals surface area (Å²) in [4.78, 5) is 2.40. The molecule has 101 valence electrons. The maximum Gasteiger partial charge on any atom is 0.161 e. The molecule has 0 amide bonds. The van der Waals surface area contributed by atoms with Gasteiger partial charge in [0.15, 0.2) is 11.5 Å². The molecule has 0 aliphatic rings. The van der Waals surface area contributed by atoms with Gasteiger partial charge in [0.05, 0.1) is 7.11 Å². The number of rotatable bonds is 7. The highest BCUT2D eigenvalue weighted by atomic mass is 16.5. The van der Waals surface area contributed by atoms with Gasteiger partial charge in [-0.3, -0.25) is 4.90 Å². The molecule has 0 aliphatic heterocycles. The lowest BCUT2D eigenvalue weighted by atomic mass is 10.2. The van der Waals surface area contributed by atoms with Crippen LogP contribution in [0.2, 0.25) is 0 Å². The van der Waals surface area contributed by atoms with Gasteiger partial charge in [0.2, 0.25) is 0 Å². The van der Waals surface area contributed by atoms with Crippen LogP contribution in [0.15, 0.2) is 18.2 Å². The van der Waals surface area contributed by atoms with Gasteiger partial charge < -0.3 is 9.47 Å². The second-order valence-corrected chi connectivity index (χ2v) is 4.85. The Balaban J connectivity index is 2.50. The van der Waals surface area contributed by atoms with Crippen LogP contribution in [0.3, 0.4) is 0 Å². The fourth-order valence-corrected chi connectivity index (χ4v) is 2.06. The van der Waals surface area contributed by atoms with Crippen molar-refractivity contribution in [3.05, 3.63) is 24.3 Å². The molecule has 0 N–H and O–H groups in total. The Morgan fingerprint density at radius 2 is 1.83 bits per heavy atom. The average molecular weight is 250 g/mol. The monoisotopic (exact) mass is 250 g/mol. The molecule has 0 atom stereocenters. The van der Waals surface area contributed by atoms with Crippen molar-refractivity contribution in [2.45, 2.75) is 39.8 Å². The molecule has 3 nitrogen and oxygen atoms in total. The van der Waals surface area contributed by atoms with Crippen LogP contribution in [0, 0.1) is 6.07 Å². The zero-order chi connectivity index (χ0) is 13.5. The van der Waals surface area contributed by atoms with Crippen LogP contribution in [0.5, 0.6) is 11.5 Å². The highest BCUT2D eigenvalue weighted by Crippen LogP contribution is 2.25. The predicted octanol–water partition coefficient (Wildman–Crippen LogP) is 2.99. The van der Waals surface area contributed by atoms with E-state index in [0.29, 0.717) is 18.7 Å². The van der Waals surface area contributed by atoms with Gasteiger partial charge in [0, 0.05) is 18.6 Å². The summed E-state index contributed by atoms with van der Waals surface area (Å²) in [6.07, 6.45) is 0. The van der Waals surface area contributed by atoms with E-state index < -0.39 is 0 Å². The van der Waals surface area contributed by atoms with Crippen LogP contribution in [0.4, 0.5) is 0 Å². The molecule has 0 unspecified atom stereocenters. The zero-order valence-electron chi connectivity index (χ0n) is 12.1. The molecule has 0 saturated heterocycles. The second kappa shape index (κ2) is 7.27. The topological polar surface area (TPSA) is 21.7 Å². The number of ether oxygens (including phenoxy) is 2. The summed E-state index contributed by atoms with van der Waals surface area (Å²) in [5.41, 5.74) is 0.